The normalized spacial score (nSPS) is 20.0. The predicted molar refractivity (Wildman–Crippen MR) is 75.8 cm³/mol. The number of H-pyrrole nitrogens is 1. The second-order valence-electron chi connectivity index (χ2n) is 5.42. The van der Waals surface area contributed by atoms with Crippen molar-refractivity contribution >= 4 is 5.91 Å². The van der Waals surface area contributed by atoms with Crippen LogP contribution in [-0.2, 0) is 0 Å². The van der Waals surface area contributed by atoms with E-state index in [1.807, 2.05) is 11.9 Å². The van der Waals surface area contributed by atoms with E-state index >= 15 is 0 Å². The third kappa shape index (κ3) is 2.44. The molecule has 1 aliphatic rings. The monoisotopic (exact) mass is 289 g/mol. The second-order valence-corrected chi connectivity index (χ2v) is 5.42. The smallest absolute Gasteiger partial charge is 0.259 e. The molecule has 0 radical (unpaired) electrons. The first kappa shape index (κ1) is 13.8. The Kier molecular flexibility index (Phi) is 3.50. The Bertz CT molecular complexity index is 614. The van der Waals surface area contributed by atoms with Gasteiger partial charge in [0.1, 0.15) is 17.1 Å². The number of hydrogen-bond acceptors (Lipinski definition) is 5. The van der Waals surface area contributed by atoms with Crippen LogP contribution in [-0.4, -0.2) is 57.5 Å². The first-order valence-corrected chi connectivity index (χ1v) is 6.99. The number of likely N-dealkylation sites (N-methyl/N-ethyl adjacent to an activating group) is 1. The van der Waals surface area contributed by atoms with Crippen LogP contribution in [0.25, 0.3) is 0 Å². The Morgan fingerprint density at radius 1 is 1.43 bits per heavy atom. The highest BCUT2D eigenvalue weighted by Gasteiger charge is 2.32. The summed E-state index contributed by atoms with van der Waals surface area (Å²) in [5.74, 6) is 1.44. The molecule has 3 heterocycles. The number of piperazine rings is 1. The largest absolute Gasteiger partial charge is 0.361 e. The summed E-state index contributed by atoms with van der Waals surface area (Å²) in [5, 5.41) is 3.86. The number of rotatable bonds is 2. The van der Waals surface area contributed by atoms with Crippen molar-refractivity contribution in [3.8, 4) is 0 Å². The Hall–Kier alpha value is -2.15. The van der Waals surface area contributed by atoms with Crippen molar-refractivity contribution in [2.24, 2.45) is 0 Å². The number of nitrogens with zero attached hydrogens (tertiary/aromatic N) is 4. The van der Waals surface area contributed by atoms with Crippen molar-refractivity contribution in [2.75, 3.05) is 26.7 Å². The molecule has 0 spiro atoms. The van der Waals surface area contributed by atoms with Gasteiger partial charge in [-0.25, -0.2) is 4.98 Å². The summed E-state index contributed by atoms with van der Waals surface area (Å²) in [6, 6.07) is 0.0816. The molecule has 1 N–H and O–H groups in total. The van der Waals surface area contributed by atoms with Crippen LogP contribution in [0.4, 0.5) is 0 Å². The van der Waals surface area contributed by atoms with Crippen LogP contribution in [0.3, 0.4) is 0 Å². The molecule has 112 valence electrons. The molecule has 0 aromatic carbocycles. The van der Waals surface area contributed by atoms with Crippen LogP contribution >= 0.6 is 0 Å². The summed E-state index contributed by atoms with van der Waals surface area (Å²) in [5.41, 5.74) is 1.23. The van der Waals surface area contributed by atoms with E-state index in [0.29, 0.717) is 30.1 Å². The van der Waals surface area contributed by atoms with E-state index in [9.17, 15) is 4.79 Å². The molecule has 0 bridgehead atoms. The molecule has 7 nitrogen and oxygen atoms in total. The third-order valence-electron chi connectivity index (χ3n) is 4.02. The Labute approximate surface area is 122 Å². The quantitative estimate of drug-likeness (QED) is 0.897. The van der Waals surface area contributed by atoms with Gasteiger partial charge in [-0.3, -0.25) is 9.69 Å². The van der Waals surface area contributed by atoms with Gasteiger partial charge in [0.2, 0.25) is 0 Å². The van der Waals surface area contributed by atoms with E-state index in [1.165, 1.54) is 0 Å². The number of nitrogens with one attached hydrogen (secondary N) is 1. The molecule has 21 heavy (non-hydrogen) atoms. The third-order valence-corrected chi connectivity index (χ3v) is 4.02. The molecule has 2 aromatic rings. The number of aromatic nitrogens is 3. The van der Waals surface area contributed by atoms with Crippen LogP contribution in [0.5, 0.6) is 0 Å². The van der Waals surface area contributed by atoms with Crippen LogP contribution < -0.4 is 0 Å². The molecule has 0 aliphatic carbocycles. The van der Waals surface area contributed by atoms with Gasteiger partial charge >= 0.3 is 0 Å². The highest BCUT2D eigenvalue weighted by Crippen LogP contribution is 2.24. The van der Waals surface area contributed by atoms with Gasteiger partial charge < -0.3 is 14.4 Å². The van der Waals surface area contributed by atoms with Gasteiger partial charge in [0.05, 0.1) is 11.7 Å². The number of aromatic amines is 1. The summed E-state index contributed by atoms with van der Waals surface area (Å²) < 4.78 is 5.10. The van der Waals surface area contributed by atoms with Crippen LogP contribution in [0.1, 0.15) is 33.7 Å². The molecule has 1 aliphatic heterocycles. The average Bonchev–Trinajstić information content (AvgIpc) is 3.09. The van der Waals surface area contributed by atoms with E-state index < -0.39 is 0 Å². The minimum absolute atomic E-state index is 0.0177. The zero-order valence-corrected chi connectivity index (χ0v) is 12.5. The Morgan fingerprint density at radius 3 is 2.86 bits per heavy atom. The molecule has 0 unspecified atom stereocenters. The number of hydrogen-bond donors (Lipinski definition) is 1. The maximum absolute atomic E-state index is 12.7. The van der Waals surface area contributed by atoms with Gasteiger partial charge in [-0.1, -0.05) is 5.16 Å². The van der Waals surface area contributed by atoms with Gasteiger partial charge in [-0.2, -0.15) is 0 Å². The summed E-state index contributed by atoms with van der Waals surface area (Å²) >= 11 is 0. The van der Waals surface area contributed by atoms with Gasteiger partial charge in [0.25, 0.3) is 5.91 Å². The maximum Gasteiger partial charge on any atom is 0.259 e. The molecule has 7 heteroatoms. The lowest BCUT2D eigenvalue weighted by atomic mass is 10.1. The molecule has 1 saturated heterocycles. The van der Waals surface area contributed by atoms with Gasteiger partial charge in [-0.15, -0.1) is 0 Å². The fraction of sp³-hybridized carbons (Fsp3) is 0.500. The van der Waals surface area contributed by atoms with Gasteiger partial charge in [0.15, 0.2) is 0 Å². The van der Waals surface area contributed by atoms with Crippen molar-refractivity contribution < 1.29 is 9.32 Å². The SMILES string of the molecule is Cc1noc(C)c1C(=O)N1CCN(C)[C@@H](c2ncc[nH]2)C1. The van der Waals surface area contributed by atoms with E-state index in [4.69, 9.17) is 4.52 Å². The summed E-state index contributed by atoms with van der Waals surface area (Å²) in [7, 11) is 2.05. The van der Waals surface area contributed by atoms with Gasteiger partial charge in [0, 0.05) is 32.0 Å². The number of imidazole rings is 1. The van der Waals surface area contributed by atoms with E-state index in [1.54, 1.807) is 26.2 Å². The second kappa shape index (κ2) is 5.33. The van der Waals surface area contributed by atoms with Crippen molar-refractivity contribution in [3.05, 3.63) is 35.2 Å². The van der Waals surface area contributed by atoms with Crippen LogP contribution in [0, 0.1) is 13.8 Å². The molecule has 1 fully saturated rings. The molecular weight excluding hydrogens is 270 g/mol. The van der Waals surface area contributed by atoms with Gasteiger partial charge in [-0.05, 0) is 20.9 Å². The molecule has 1 amide bonds. The first-order valence-electron chi connectivity index (χ1n) is 6.99. The maximum atomic E-state index is 12.7. The standard InChI is InChI=1S/C14H19N5O2/c1-9-12(10(2)21-17-9)14(20)19-7-6-18(3)11(8-19)13-15-4-5-16-13/h4-5,11H,6-8H2,1-3H3,(H,15,16)/t11-/m1/s1. The molecule has 0 saturated carbocycles. The van der Waals surface area contributed by atoms with Crippen molar-refractivity contribution in [3.63, 3.8) is 0 Å². The highest BCUT2D eigenvalue weighted by molar-refractivity contribution is 5.96. The lowest BCUT2D eigenvalue weighted by molar-refractivity contribution is 0.0532. The summed E-state index contributed by atoms with van der Waals surface area (Å²) in [6.45, 7) is 5.67. The van der Waals surface area contributed by atoms with E-state index in [0.717, 1.165) is 12.4 Å². The molecule has 2 aromatic heterocycles. The zero-order valence-electron chi connectivity index (χ0n) is 12.5. The topological polar surface area (TPSA) is 78.3 Å². The molecule has 3 rings (SSSR count). The summed E-state index contributed by atoms with van der Waals surface area (Å²) in [6.07, 6.45) is 3.54. The highest BCUT2D eigenvalue weighted by atomic mass is 16.5. The number of carbonyl (C=O) groups excluding carboxylic acids is 1. The van der Waals surface area contributed by atoms with E-state index in [-0.39, 0.29) is 11.9 Å². The van der Waals surface area contributed by atoms with Crippen molar-refractivity contribution in [1.29, 1.82) is 0 Å². The van der Waals surface area contributed by atoms with Crippen LogP contribution in [0.15, 0.2) is 16.9 Å². The van der Waals surface area contributed by atoms with Crippen molar-refractivity contribution in [2.45, 2.75) is 19.9 Å². The lowest BCUT2D eigenvalue weighted by Gasteiger charge is -2.38. The predicted octanol–water partition coefficient (Wildman–Crippen LogP) is 1.14. The molecule has 1 atom stereocenters. The number of aryl methyl sites for hydroxylation is 2. The van der Waals surface area contributed by atoms with E-state index in [2.05, 4.69) is 20.0 Å². The zero-order chi connectivity index (χ0) is 15.0. The fourth-order valence-electron chi connectivity index (χ4n) is 2.76. The number of carbonyl (C=O) groups is 1. The minimum atomic E-state index is -0.0177. The number of amides is 1. The lowest BCUT2D eigenvalue weighted by Crippen LogP contribution is -2.49. The first-order chi connectivity index (χ1) is 10.1. The van der Waals surface area contributed by atoms with Crippen LogP contribution in [0.2, 0.25) is 0 Å². The molecular formula is C14H19N5O2. The van der Waals surface area contributed by atoms with Crippen molar-refractivity contribution in [1.82, 2.24) is 24.9 Å². The fourth-order valence-corrected chi connectivity index (χ4v) is 2.76. The Balaban J connectivity index is 1.82. The minimum Gasteiger partial charge on any atom is -0.361 e. The summed E-state index contributed by atoms with van der Waals surface area (Å²) in [4.78, 5) is 24.2. The Morgan fingerprint density at radius 2 is 2.24 bits per heavy atom. The average molecular weight is 289 g/mol.